The summed E-state index contributed by atoms with van der Waals surface area (Å²) in [5, 5.41) is 0. The summed E-state index contributed by atoms with van der Waals surface area (Å²) in [5.74, 6) is 3.21. The second-order valence-corrected chi connectivity index (χ2v) is 9.15. The highest BCUT2D eigenvalue weighted by atomic mass is 32.2. The standard InChI is InChI=1S/C22H21NO2S2/c24-21(18-8-10-19(11-9-18)22-26-13-14-27-22)23(16-20-7-4-12-25-20)15-17-5-2-1-3-6-17/h1-12,22H,13-16H2. The van der Waals surface area contributed by atoms with E-state index in [9.17, 15) is 4.79 Å². The Labute approximate surface area is 168 Å². The molecule has 138 valence electrons. The molecule has 0 unspecified atom stereocenters. The lowest BCUT2D eigenvalue weighted by Gasteiger charge is -2.22. The molecular formula is C22H21NO2S2. The van der Waals surface area contributed by atoms with Gasteiger partial charge in [-0.25, -0.2) is 0 Å². The molecule has 27 heavy (non-hydrogen) atoms. The predicted octanol–water partition coefficient (Wildman–Crippen LogP) is 5.60. The van der Waals surface area contributed by atoms with Gasteiger partial charge >= 0.3 is 0 Å². The van der Waals surface area contributed by atoms with Gasteiger partial charge in [0, 0.05) is 23.6 Å². The Morgan fingerprint density at radius 1 is 0.926 bits per heavy atom. The lowest BCUT2D eigenvalue weighted by atomic mass is 10.1. The molecule has 1 fully saturated rings. The molecule has 3 aromatic rings. The largest absolute Gasteiger partial charge is 0.467 e. The van der Waals surface area contributed by atoms with Gasteiger partial charge in [0.2, 0.25) is 0 Å². The van der Waals surface area contributed by atoms with Gasteiger partial charge in [-0.2, -0.15) is 0 Å². The molecule has 3 nitrogen and oxygen atoms in total. The van der Waals surface area contributed by atoms with E-state index in [4.69, 9.17) is 4.42 Å². The molecule has 0 bridgehead atoms. The Kier molecular flexibility index (Phi) is 5.90. The van der Waals surface area contributed by atoms with Crippen molar-refractivity contribution in [3.63, 3.8) is 0 Å². The summed E-state index contributed by atoms with van der Waals surface area (Å²) in [6.07, 6.45) is 1.65. The highest BCUT2D eigenvalue weighted by molar-refractivity contribution is 8.19. The number of benzene rings is 2. The number of amides is 1. The van der Waals surface area contributed by atoms with E-state index in [0.29, 0.717) is 23.2 Å². The van der Waals surface area contributed by atoms with E-state index in [1.165, 1.54) is 17.1 Å². The maximum atomic E-state index is 13.2. The van der Waals surface area contributed by atoms with Crippen LogP contribution in [0.2, 0.25) is 0 Å². The highest BCUT2D eigenvalue weighted by Gasteiger charge is 2.21. The molecule has 0 spiro atoms. The first-order chi connectivity index (χ1) is 13.3. The second-order valence-electron chi connectivity index (χ2n) is 6.42. The van der Waals surface area contributed by atoms with Gasteiger partial charge in [0.1, 0.15) is 5.76 Å². The van der Waals surface area contributed by atoms with Crippen LogP contribution in [0.4, 0.5) is 0 Å². The Morgan fingerprint density at radius 2 is 1.67 bits per heavy atom. The van der Waals surface area contributed by atoms with Crippen LogP contribution in [0.15, 0.2) is 77.4 Å². The molecule has 1 aliphatic heterocycles. The fraction of sp³-hybridized carbons (Fsp3) is 0.227. The zero-order valence-corrected chi connectivity index (χ0v) is 16.5. The van der Waals surface area contributed by atoms with Gasteiger partial charge in [-0.05, 0) is 35.4 Å². The van der Waals surface area contributed by atoms with Crippen LogP contribution in [0.25, 0.3) is 0 Å². The van der Waals surface area contributed by atoms with Crippen LogP contribution in [0, 0.1) is 0 Å². The molecule has 1 aromatic heterocycles. The minimum Gasteiger partial charge on any atom is -0.467 e. The lowest BCUT2D eigenvalue weighted by Crippen LogP contribution is -2.30. The van der Waals surface area contributed by atoms with Gasteiger partial charge in [-0.1, -0.05) is 42.5 Å². The van der Waals surface area contributed by atoms with Gasteiger partial charge < -0.3 is 9.32 Å². The average molecular weight is 396 g/mol. The summed E-state index contributed by atoms with van der Waals surface area (Å²) < 4.78 is 5.97. The predicted molar refractivity (Wildman–Crippen MR) is 113 cm³/mol. The van der Waals surface area contributed by atoms with E-state index >= 15 is 0 Å². The summed E-state index contributed by atoms with van der Waals surface area (Å²) in [6.45, 7) is 1.01. The lowest BCUT2D eigenvalue weighted by molar-refractivity contribution is 0.0717. The maximum Gasteiger partial charge on any atom is 0.254 e. The molecule has 0 aliphatic carbocycles. The monoisotopic (exact) mass is 395 g/mol. The fourth-order valence-electron chi connectivity index (χ4n) is 3.11. The quantitative estimate of drug-likeness (QED) is 0.544. The van der Waals surface area contributed by atoms with Crippen molar-refractivity contribution in [1.29, 1.82) is 0 Å². The van der Waals surface area contributed by atoms with Gasteiger partial charge in [-0.3, -0.25) is 4.79 Å². The van der Waals surface area contributed by atoms with Crippen LogP contribution in [0.5, 0.6) is 0 Å². The Balaban J connectivity index is 1.53. The Hall–Kier alpha value is -2.11. The number of hydrogen-bond acceptors (Lipinski definition) is 4. The molecule has 1 amide bonds. The van der Waals surface area contributed by atoms with Crippen LogP contribution < -0.4 is 0 Å². The number of nitrogens with zero attached hydrogens (tertiary/aromatic N) is 1. The number of hydrogen-bond donors (Lipinski definition) is 0. The molecule has 4 rings (SSSR count). The molecule has 1 aliphatic rings. The molecule has 5 heteroatoms. The number of carbonyl (C=O) groups is 1. The minimum atomic E-state index is 0.0218. The van der Waals surface area contributed by atoms with E-state index in [2.05, 4.69) is 12.1 Å². The van der Waals surface area contributed by atoms with Crippen LogP contribution in [-0.4, -0.2) is 22.3 Å². The summed E-state index contributed by atoms with van der Waals surface area (Å²) in [6, 6.07) is 21.9. The fourth-order valence-corrected chi connectivity index (χ4v) is 5.97. The molecule has 2 heterocycles. The first-order valence-corrected chi connectivity index (χ1v) is 11.1. The average Bonchev–Trinajstić information content (AvgIpc) is 3.42. The van der Waals surface area contributed by atoms with Crippen molar-refractivity contribution in [3.05, 3.63) is 95.4 Å². The molecule has 0 atom stereocenters. The van der Waals surface area contributed by atoms with Crippen molar-refractivity contribution in [3.8, 4) is 0 Å². The molecule has 2 aromatic carbocycles. The van der Waals surface area contributed by atoms with Crippen LogP contribution in [0.3, 0.4) is 0 Å². The van der Waals surface area contributed by atoms with Crippen LogP contribution >= 0.6 is 23.5 Å². The third-order valence-electron chi connectivity index (χ3n) is 4.48. The number of thioether (sulfide) groups is 2. The van der Waals surface area contributed by atoms with E-state index in [1.54, 1.807) is 6.26 Å². The van der Waals surface area contributed by atoms with Crippen molar-refractivity contribution in [1.82, 2.24) is 4.90 Å². The minimum absolute atomic E-state index is 0.0218. The third kappa shape index (κ3) is 4.60. The van der Waals surface area contributed by atoms with Gasteiger partial charge in [0.15, 0.2) is 0 Å². The second kappa shape index (κ2) is 8.72. The zero-order chi connectivity index (χ0) is 18.5. The molecular weight excluding hydrogens is 374 g/mol. The van der Waals surface area contributed by atoms with Gasteiger partial charge in [0.25, 0.3) is 5.91 Å². The van der Waals surface area contributed by atoms with Crippen molar-refractivity contribution < 1.29 is 9.21 Å². The van der Waals surface area contributed by atoms with Gasteiger partial charge in [-0.15, -0.1) is 23.5 Å². The van der Waals surface area contributed by atoms with E-state index in [0.717, 1.165) is 11.3 Å². The van der Waals surface area contributed by atoms with Crippen molar-refractivity contribution in [2.24, 2.45) is 0 Å². The molecule has 0 saturated carbocycles. The summed E-state index contributed by atoms with van der Waals surface area (Å²) in [4.78, 5) is 15.0. The van der Waals surface area contributed by atoms with Crippen molar-refractivity contribution in [2.75, 3.05) is 11.5 Å². The summed E-state index contributed by atoms with van der Waals surface area (Å²) in [5.41, 5.74) is 3.11. The normalized spacial score (nSPS) is 14.4. The SMILES string of the molecule is O=C(c1ccc(C2SCCS2)cc1)N(Cc1ccccc1)Cc1ccco1. The summed E-state index contributed by atoms with van der Waals surface area (Å²) >= 11 is 3.95. The number of rotatable bonds is 6. The zero-order valence-electron chi connectivity index (χ0n) is 14.9. The van der Waals surface area contributed by atoms with E-state index < -0.39 is 0 Å². The topological polar surface area (TPSA) is 33.5 Å². The Morgan fingerprint density at radius 3 is 2.33 bits per heavy atom. The smallest absolute Gasteiger partial charge is 0.254 e. The first-order valence-electron chi connectivity index (χ1n) is 8.98. The number of furan rings is 1. The maximum absolute atomic E-state index is 13.2. The van der Waals surface area contributed by atoms with Crippen molar-refractivity contribution in [2.45, 2.75) is 17.7 Å². The molecule has 1 saturated heterocycles. The Bertz CT molecular complexity index is 857. The van der Waals surface area contributed by atoms with Gasteiger partial charge in [0.05, 0.1) is 17.4 Å². The molecule has 0 radical (unpaired) electrons. The third-order valence-corrected chi connectivity index (χ3v) is 7.59. The van der Waals surface area contributed by atoms with E-state index in [-0.39, 0.29) is 5.91 Å². The van der Waals surface area contributed by atoms with Crippen molar-refractivity contribution >= 4 is 29.4 Å². The summed E-state index contributed by atoms with van der Waals surface area (Å²) in [7, 11) is 0. The van der Waals surface area contributed by atoms with Crippen LogP contribution in [0.1, 0.15) is 31.8 Å². The van der Waals surface area contributed by atoms with E-state index in [1.807, 2.05) is 83.0 Å². The number of carbonyl (C=O) groups excluding carboxylic acids is 1. The molecule has 0 N–H and O–H groups in total. The van der Waals surface area contributed by atoms with Crippen LogP contribution in [-0.2, 0) is 13.1 Å². The highest BCUT2D eigenvalue weighted by Crippen LogP contribution is 2.45. The first kappa shape index (κ1) is 18.3.